The maximum atomic E-state index is 11.6. The first-order valence-electron chi connectivity index (χ1n) is 6.24. The van der Waals surface area contributed by atoms with Gasteiger partial charge in [-0.15, -0.1) is 0 Å². The Morgan fingerprint density at radius 1 is 1.48 bits per heavy atom. The number of ether oxygens (including phenoxy) is 1. The molecule has 0 aromatic carbocycles. The van der Waals surface area contributed by atoms with Crippen molar-refractivity contribution < 1.29 is 14.6 Å². The molecule has 23 heavy (non-hydrogen) atoms. The van der Waals surface area contributed by atoms with Crippen molar-refractivity contribution in [1.82, 2.24) is 15.0 Å². The highest BCUT2D eigenvalue weighted by Gasteiger charge is 2.07. The quantitative estimate of drug-likeness (QED) is 0.705. The van der Waals surface area contributed by atoms with E-state index in [4.69, 9.17) is 27.3 Å². The van der Waals surface area contributed by atoms with Crippen LogP contribution >= 0.6 is 12.2 Å². The zero-order chi connectivity index (χ0) is 16.8. The Balaban J connectivity index is 2.39. The predicted molar refractivity (Wildman–Crippen MR) is 83.3 cm³/mol. The number of carbonyl (C=O) groups is 1. The van der Waals surface area contributed by atoms with Crippen molar-refractivity contribution in [1.29, 1.82) is 5.26 Å². The monoisotopic (exact) mass is 330 g/mol. The molecule has 0 fully saturated rings. The molecular formula is C14H10N4O4S. The minimum Gasteiger partial charge on any atom is -0.481 e. The molecule has 0 amide bonds. The lowest BCUT2D eigenvalue weighted by Crippen LogP contribution is -2.13. The minimum atomic E-state index is -1.11. The van der Waals surface area contributed by atoms with E-state index in [0.717, 1.165) is 0 Å². The van der Waals surface area contributed by atoms with Crippen molar-refractivity contribution in [3.05, 3.63) is 50.4 Å². The summed E-state index contributed by atoms with van der Waals surface area (Å²) in [5, 5.41) is 17.7. The number of nitriles is 1. The van der Waals surface area contributed by atoms with E-state index in [1.54, 1.807) is 6.07 Å². The topological polar surface area (TPSA) is 132 Å². The molecule has 0 saturated heterocycles. The Morgan fingerprint density at radius 2 is 2.26 bits per heavy atom. The van der Waals surface area contributed by atoms with E-state index in [0.29, 0.717) is 11.3 Å². The van der Waals surface area contributed by atoms with Crippen LogP contribution in [0, 0.1) is 16.1 Å². The van der Waals surface area contributed by atoms with E-state index < -0.39 is 18.1 Å². The highest BCUT2D eigenvalue weighted by atomic mass is 32.1. The molecule has 2 aromatic rings. The van der Waals surface area contributed by atoms with Crippen LogP contribution in [0.3, 0.4) is 0 Å². The number of rotatable bonds is 5. The van der Waals surface area contributed by atoms with Gasteiger partial charge in [0.25, 0.3) is 5.56 Å². The number of carboxylic acids is 1. The Bertz CT molecular complexity index is 923. The summed E-state index contributed by atoms with van der Waals surface area (Å²) in [5.41, 5.74) is 0.00251. The van der Waals surface area contributed by atoms with Crippen molar-refractivity contribution in [2.75, 3.05) is 6.61 Å². The second-order valence-electron chi connectivity index (χ2n) is 4.24. The molecule has 2 heterocycles. The number of carboxylic acid groups (broad SMARTS) is 1. The molecule has 0 saturated carbocycles. The third kappa shape index (κ3) is 4.12. The van der Waals surface area contributed by atoms with Gasteiger partial charge in [-0.2, -0.15) is 5.26 Å². The van der Waals surface area contributed by atoms with Crippen molar-refractivity contribution in [3.63, 3.8) is 0 Å². The van der Waals surface area contributed by atoms with Gasteiger partial charge in [0.15, 0.2) is 11.4 Å². The predicted octanol–water partition coefficient (Wildman–Crippen LogP) is 1.33. The molecule has 0 aliphatic heterocycles. The molecule has 0 radical (unpaired) electrons. The number of H-pyrrole nitrogens is 2. The highest BCUT2D eigenvalue weighted by Crippen LogP contribution is 2.19. The molecule has 2 aromatic heterocycles. The van der Waals surface area contributed by atoms with E-state index in [9.17, 15) is 9.59 Å². The van der Waals surface area contributed by atoms with Crippen molar-refractivity contribution >= 4 is 30.3 Å². The van der Waals surface area contributed by atoms with Crippen LogP contribution in [-0.2, 0) is 4.79 Å². The zero-order valence-corrected chi connectivity index (χ0v) is 12.4. The van der Waals surface area contributed by atoms with Crippen molar-refractivity contribution in [2.45, 2.75) is 0 Å². The van der Waals surface area contributed by atoms with Crippen LogP contribution in [0.1, 0.15) is 16.8 Å². The van der Waals surface area contributed by atoms with Gasteiger partial charge in [-0.25, -0.2) is 4.79 Å². The van der Waals surface area contributed by atoms with Gasteiger partial charge in [0, 0.05) is 18.0 Å². The fourth-order valence-electron chi connectivity index (χ4n) is 1.70. The number of pyridine rings is 1. The normalized spacial score (nSPS) is 10.4. The number of aromatic nitrogens is 3. The maximum Gasteiger partial charge on any atom is 0.341 e. The third-order valence-corrected chi connectivity index (χ3v) is 2.88. The molecule has 0 aliphatic rings. The van der Waals surface area contributed by atoms with E-state index >= 15 is 0 Å². The second kappa shape index (κ2) is 7.15. The Morgan fingerprint density at radius 3 is 2.96 bits per heavy atom. The number of aliphatic carboxylic acids is 1. The first-order chi connectivity index (χ1) is 11.0. The first-order valence-corrected chi connectivity index (χ1v) is 6.65. The average Bonchev–Trinajstić information content (AvgIpc) is 2.51. The van der Waals surface area contributed by atoms with Gasteiger partial charge in [0.2, 0.25) is 0 Å². The summed E-state index contributed by atoms with van der Waals surface area (Å²) in [5.74, 6) is -0.803. The number of nitrogens with zero attached hydrogens (tertiary/aromatic N) is 2. The van der Waals surface area contributed by atoms with E-state index in [-0.39, 0.29) is 16.0 Å². The summed E-state index contributed by atoms with van der Waals surface area (Å²) in [4.78, 5) is 31.2. The minimum absolute atomic E-state index is 0.0854. The number of hydrogen-bond acceptors (Lipinski definition) is 6. The summed E-state index contributed by atoms with van der Waals surface area (Å²) in [6, 6.07) is 3.29. The lowest BCUT2D eigenvalue weighted by molar-refractivity contribution is -0.139. The average molecular weight is 330 g/mol. The molecule has 9 heteroatoms. The highest BCUT2D eigenvalue weighted by molar-refractivity contribution is 7.71. The number of aromatic amines is 2. The van der Waals surface area contributed by atoms with Crippen LogP contribution in [0.15, 0.2) is 23.3 Å². The van der Waals surface area contributed by atoms with Crippen LogP contribution in [0.5, 0.6) is 5.75 Å². The van der Waals surface area contributed by atoms with Gasteiger partial charge in [-0.1, -0.05) is 0 Å². The molecule has 2 rings (SSSR count). The summed E-state index contributed by atoms with van der Waals surface area (Å²) in [6.45, 7) is -0.498. The third-order valence-electron chi connectivity index (χ3n) is 2.67. The van der Waals surface area contributed by atoms with Gasteiger partial charge in [-0.3, -0.25) is 14.8 Å². The lowest BCUT2D eigenvalue weighted by atomic mass is 10.2. The maximum absolute atomic E-state index is 11.6. The van der Waals surface area contributed by atoms with Gasteiger partial charge in [-0.05, 0) is 30.4 Å². The van der Waals surface area contributed by atoms with E-state index in [1.165, 1.54) is 30.6 Å². The molecule has 116 valence electrons. The largest absolute Gasteiger partial charge is 0.481 e. The standard InChI is InChI=1S/C14H10N4O4S/c15-5-9-10(17-14(23)18-13(9)21)2-1-8-6-16-4-3-11(8)22-7-12(19)20/h1-4,6H,7H2,(H,19,20)(H2,17,18,21,23)/b2-1+. The Labute approximate surface area is 134 Å². The Hall–Kier alpha value is -3.25. The molecule has 0 spiro atoms. The molecule has 8 nitrogen and oxygen atoms in total. The molecule has 0 bridgehead atoms. The molecule has 3 N–H and O–H groups in total. The number of hydrogen-bond donors (Lipinski definition) is 3. The van der Waals surface area contributed by atoms with E-state index in [1.807, 2.05) is 0 Å². The summed E-state index contributed by atoms with van der Waals surface area (Å²) in [6.07, 6.45) is 5.91. The van der Waals surface area contributed by atoms with Crippen LogP contribution in [0.2, 0.25) is 0 Å². The summed E-state index contributed by atoms with van der Waals surface area (Å²) < 4.78 is 5.22. The van der Waals surface area contributed by atoms with Crippen LogP contribution in [0.25, 0.3) is 12.2 Å². The summed E-state index contributed by atoms with van der Waals surface area (Å²) >= 11 is 4.86. The fourth-order valence-corrected chi connectivity index (χ4v) is 1.91. The van der Waals surface area contributed by atoms with E-state index in [2.05, 4.69) is 15.0 Å². The molecule has 0 atom stereocenters. The van der Waals surface area contributed by atoms with Crippen molar-refractivity contribution in [2.24, 2.45) is 0 Å². The van der Waals surface area contributed by atoms with Crippen molar-refractivity contribution in [3.8, 4) is 11.8 Å². The second-order valence-corrected chi connectivity index (χ2v) is 4.65. The zero-order valence-electron chi connectivity index (χ0n) is 11.6. The molecular weight excluding hydrogens is 320 g/mol. The lowest BCUT2D eigenvalue weighted by Gasteiger charge is -2.06. The van der Waals surface area contributed by atoms with Crippen LogP contribution < -0.4 is 10.3 Å². The van der Waals surface area contributed by atoms with Gasteiger partial charge in [0.1, 0.15) is 17.4 Å². The van der Waals surface area contributed by atoms with Crippen LogP contribution in [-0.4, -0.2) is 32.6 Å². The molecule has 0 unspecified atom stereocenters. The first kappa shape index (κ1) is 16.1. The molecule has 0 aliphatic carbocycles. The fraction of sp³-hybridized carbons (Fsp3) is 0.0714. The van der Waals surface area contributed by atoms with Crippen LogP contribution in [0.4, 0.5) is 0 Å². The SMILES string of the molecule is N#Cc1c(/C=C/c2cnccc2OCC(=O)O)[nH]c(=S)[nH]c1=O. The Kier molecular flexibility index (Phi) is 5.01. The van der Waals surface area contributed by atoms with Gasteiger partial charge < -0.3 is 14.8 Å². The van der Waals surface area contributed by atoms with Gasteiger partial charge >= 0.3 is 5.97 Å². The van der Waals surface area contributed by atoms with Gasteiger partial charge in [0.05, 0.1) is 5.69 Å². The summed E-state index contributed by atoms with van der Waals surface area (Å²) in [7, 11) is 0. The smallest absolute Gasteiger partial charge is 0.341 e. The number of nitrogens with one attached hydrogen (secondary N) is 2.